The highest BCUT2D eigenvalue weighted by Gasteiger charge is 2.37. The van der Waals surface area contributed by atoms with E-state index < -0.39 is 0 Å². The molecule has 0 saturated heterocycles. The average Bonchev–Trinajstić information content (AvgIpc) is 2.74. The normalized spacial score (nSPS) is 22.5. The Hall–Kier alpha value is -0.760. The summed E-state index contributed by atoms with van der Waals surface area (Å²) >= 11 is 0. The zero-order valence-corrected chi connectivity index (χ0v) is 8.92. The largest absolute Gasteiger partial charge is 0.472 e. The van der Waals surface area contributed by atoms with E-state index in [2.05, 4.69) is 6.92 Å². The molecular weight excluding hydrogens is 176 g/mol. The molecule has 1 unspecified atom stereocenters. The molecule has 1 saturated carbocycles. The Bertz CT molecular complexity index is 308. The van der Waals surface area contributed by atoms with E-state index in [1.807, 2.05) is 6.92 Å². The Morgan fingerprint density at radius 1 is 1.36 bits per heavy atom. The summed E-state index contributed by atoms with van der Waals surface area (Å²) in [4.78, 5) is 0. The second-order valence-electron chi connectivity index (χ2n) is 4.77. The zero-order chi connectivity index (χ0) is 10.2. The topological polar surface area (TPSA) is 33.4 Å². The summed E-state index contributed by atoms with van der Waals surface area (Å²) in [5, 5.41) is 10.3. The van der Waals surface area contributed by atoms with Gasteiger partial charge in [-0.1, -0.05) is 19.8 Å². The fraction of sp³-hybridized carbons (Fsp3) is 0.667. The van der Waals surface area contributed by atoms with Crippen molar-refractivity contribution >= 4 is 0 Å². The lowest BCUT2D eigenvalue weighted by Gasteiger charge is -2.29. The van der Waals surface area contributed by atoms with Gasteiger partial charge in [-0.2, -0.15) is 0 Å². The number of furan rings is 1. The molecule has 1 N–H and O–H groups in total. The van der Waals surface area contributed by atoms with Crippen molar-refractivity contribution in [3.8, 4) is 0 Å². The minimum absolute atomic E-state index is 0.0641. The maximum Gasteiger partial charge on any atom is 0.0963 e. The first-order valence-corrected chi connectivity index (χ1v) is 5.34. The third kappa shape index (κ3) is 1.48. The summed E-state index contributed by atoms with van der Waals surface area (Å²) in [7, 11) is 0. The quantitative estimate of drug-likeness (QED) is 0.784. The van der Waals surface area contributed by atoms with Crippen LogP contribution in [-0.4, -0.2) is 5.11 Å². The van der Waals surface area contributed by atoms with Gasteiger partial charge in [-0.25, -0.2) is 0 Å². The third-order valence-electron chi connectivity index (χ3n) is 3.60. The van der Waals surface area contributed by atoms with E-state index in [4.69, 9.17) is 4.42 Å². The lowest BCUT2D eigenvalue weighted by Crippen LogP contribution is -2.22. The van der Waals surface area contributed by atoms with Crippen molar-refractivity contribution in [3.05, 3.63) is 23.7 Å². The van der Waals surface area contributed by atoms with Gasteiger partial charge in [-0.05, 0) is 30.7 Å². The monoisotopic (exact) mass is 194 g/mol. The van der Waals surface area contributed by atoms with E-state index >= 15 is 0 Å². The summed E-state index contributed by atoms with van der Waals surface area (Å²) in [5.74, 6) is 0. The van der Waals surface area contributed by atoms with Crippen molar-refractivity contribution in [2.45, 2.75) is 45.6 Å². The van der Waals surface area contributed by atoms with Gasteiger partial charge in [-0.15, -0.1) is 0 Å². The molecule has 1 aromatic heterocycles. The molecule has 0 aromatic carbocycles. The first kappa shape index (κ1) is 9.78. The molecule has 1 aliphatic carbocycles. The molecule has 1 heterocycles. The van der Waals surface area contributed by atoms with Gasteiger partial charge in [-0.3, -0.25) is 0 Å². The van der Waals surface area contributed by atoms with Crippen molar-refractivity contribution in [3.63, 3.8) is 0 Å². The van der Waals surface area contributed by atoms with E-state index in [0.717, 1.165) is 24.0 Å². The number of rotatable bonds is 2. The van der Waals surface area contributed by atoms with Crippen LogP contribution in [0.1, 0.15) is 49.8 Å². The number of hydrogen-bond donors (Lipinski definition) is 1. The summed E-state index contributed by atoms with van der Waals surface area (Å²) in [6.45, 7) is 4.16. The molecule has 0 aliphatic heterocycles. The Labute approximate surface area is 84.9 Å². The minimum atomic E-state index is -0.358. The Morgan fingerprint density at radius 2 is 2.00 bits per heavy atom. The maximum absolute atomic E-state index is 10.3. The van der Waals surface area contributed by atoms with Gasteiger partial charge in [0, 0.05) is 5.56 Å². The molecular formula is C12H18O2. The van der Waals surface area contributed by atoms with E-state index in [9.17, 15) is 5.11 Å². The SMILES string of the molecule is Cc1cocc1C(O)C1(C)CCCC1. The molecule has 0 spiro atoms. The lowest BCUT2D eigenvalue weighted by atomic mass is 9.79. The number of hydrogen-bond acceptors (Lipinski definition) is 2. The van der Waals surface area contributed by atoms with Crippen LogP contribution >= 0.6 is 0 Å². The summed E-state index contributed by atoms with van der Waals surface area (Å²) in [6.07, 6.45) is 7.76. The molecule has 2 heteroatoms. The lowest BCUT2D eigenvalue weighted by molar-refractivity contribution is 0.0399. The first-order chi connectivity index (χ1) is 6.63. The summed E-state index contributed by atoms with van der Waals surface area (Å²) in [5.41, 5.74) is 2.09. The molecule has 14 heavy (non-hydrogen) atoms. The van der Waals surface area contributed by atoms with Crippen LogP contribution in [0, 0.1) is 12.3 Å². The molecule has 1 atom stereocenters. The van der Waals surface area contributed by atoms with E-state index in [1.54, 1.807) is 12.5 Å². The third-order valence-corrected chi connectivity index (χ3v) is 3.60. The van der Waals surface area contributed by atoms with Gasteiger partial charge >= 0.3 is 0 Å². The maximum atomic E-state index is 10.3. The van der Waals surface area contributed by atoms with Gasteiger partial charge in [0.2, 0.25) is 0 Å². The fourth-order valence-corrected chi connectivity index (χ4v) is 2.48. The van der Waals surface area contributed by atoms with E-state index in [-0.39, 0.29) is 11.5 Å². The van der Waals surface area contributed by atoms with Crippen molar-refractivity contribution in [1.82, 2.24) is 0 Å². The summed E-state index contributed by atoms with van der Waals surface area (Å²) < 4.78 is 5.11. The van der Waals surface area contributed by atoms with Crippen LogP contribution in [-0.2, 0) is 0 Å². The van der Waals surface area contributed by atoms with Crippen molar-refractivity contribution in [1.29, 1.82) is 0 Å². The minimum Gasteiger partial charge on any atom is -0.472 e. The highest BCUT2D eigenvalue weighted by molar-refractivity contribution is 5.23. The van der Waals surface area contributed by atoms with Gasteiger partial charge in [0.25, 0.3) is 0 Å². The fourth-order valence-electron chi connectivity index (χ4n) is 2.48. The van der Waals surface area contributed by atoms with Gasteiger partial charge in [0.15, 0.2) is 0 Å². The van der Waals surface area contributed by atoms with Crippen LogP contribution in [0.3, 0.4) is 0 Å². The number of aryl methyl sites for hydroxylation is 1. The molecule has 1 fully saturated rings. The number of aliphatic hydroxyl groups excluding tert-OH is 1. The number of aliphatic hydroxyl groups is 1. The summed E-state index contributed by atoms with van der Waals surface area (Å²) in [6, 6.07) is 0. The predicted molar refractivity (Wildman–Crippen MR) is 55.0 cm³/mol. The van der Waals surface area contributed by atoms with Crippen LogP contribution in [0.25, 0.3) is 0 Å². The zero-order valence-electron chi connectivity index (χ0n) is 8.92. The van der Waals surface area contributed by atoms with Crippen LogP contribution in [0.4, 0.5) is 0 Å². The molecule has 0 radical (unpaired) electrons. The Balaban J connectivity index is 2.23. The van der Waals surface area contributed by atoms with Gasteiger partial charge in [0.05, 0.1) is 18.6 Å². The average molecular weight is 194 g/mol. The molecule has 1 aromatic rings. The molecule has 2 rings (SSSR count). The van der Waals surface area contributed by atoms with Gasteiger partial charge in [0.1, 0.15) is 0 Å². The van der Waals surface area contributed by atoms with Gasteiger partial charge < -0.3 is 9.52 Å². The predicted octanol–water partition coefficient (Wildman–Crippen LogP) is 3.20. The molecule has 2 nitrogen and oxygen atoms in total. The Kier molecular flexibility index (Phi) is 2.40. The standard InChI is InChI=1S/C12H18O2/c1-9-7-14-8-10(9)11(13)12(2)5-3-4-6-12/h7-8,11,13H,3-6H2,1-2H3. The van der Waals surface area contributed by atoms with Crippen molar-refractivity contribution in [2.24, 2.45) is 5.41 Å². The second kappa shape index (κ2) is 3.43. The van der Waals surface area contributed by atoms with E-state index in [0.29, 0.717) is 0 Å². The van der Waals surface area contributed by atoms with E-state index in [1.165, 1.54) is 12.8 Å². The Morgan fingerprint density at radius 3 is 2.50 bits per heavy atom. The first-order valence-electron chi connectivity index (χ1n) is 5.34. The smallest absolute Gasteiger partial charge is 0.0963 e. The molecule has 1 aliphatic rings. The van der Waals surface area contributed by atoms with Crippen LogP contribution in [0.2, 0.25) is 0 Å². The van der Waals surface area contributed by atoms with Crippen molar-refractivity contribution in [2.75, 3.05) is 0 Å². The van der Waals surface area contributed by atoms with Crippen LogP contribution < -0.4 is 0 Å². The van der Waals surface area contributed by atoms with Crippen molar-refractivity contribution < 1.29 is 9.52 Å². The van der Waals surface area contributed by atoms with Crippen LogP contribution in [0.15, 0.2) is 16.9 Å². The molecule has 78 valence electrons. The van der Waals surface area contributed by atoms with Crippen LogP contribution in [0.5, 0.6) is 0 Å². The molecule has 0 bridgehead atoms. The highest BCUT2D eigenvalue weighted by Crippen LogP contribution is 2.47. The highest BCUT2D eigenvalue weighted by atomic mass is 16.3. The molecule has 0 amide bonds. The second-order valence-corrected chi connectivity index (χ2v) is 4.77.